The van der Waals surface area contributed by atoms with E-state index in [9.17, 15) is 12.8 Å². The highest BCUT2D eigenvalue weighted by molar-refractivity contribution is 7.92. The second kappa shape index (κ2) is 7.26. The Morgan fingerprint density at radius 3 is 2.50 bits per heavy atom. The lowest BCUT2D eigenvalue weighted by molar-refractivity contribution is 0.386. The highest BCUT2D eigenvalue weighted by Crippen LogP contribution is 2.21. The summed E-state index contributed by atoms with van der Waals surface area (Å²) >= 11 is 0. The first-order chi connectivity index (χ1) is 10.5. The van der Waals surface area contributed by atoms with Crippen LogP contribution in [0.5, 0.6) is 5.75 Å². The van der Waals surface area contributed by atoms with Gasteiger partial charge in [-0.3, -0.25) is 4.72 Å². The molecule has 0 aromatic heterocycles. The zero-order valence-electron chi connectivity index (χ0n) is 12.3. The highest BCUT2D eigenvalue weighted by Gasteiger charge is 2.12. The van der Waals surface area contributed by atoms with Gasteiger partial charge in [0, 0.05) is 6.07 Å². The van der Waals surface area contributed by atoms with Crippen molar-refractivity contribution < 1.29 is 17.5 Å². The fourth-order valence-corrected chi connectivity index (χ4v) is 3.18. The first kappa shape index (κ1) is 16.3. The van der Waals surface area contributed by atoms with Crippen molar-refractivity contribution in [3.8, 4) is 5.75 Å². The Morgan fingerprint density at radius 1 is 1.14 bits per heavy atom. The van der Waals surface area contributed by atoms with E-state index >= 15 is 0 Å². The molecule has 0 aliphatic carbocycles. The first-order valence-electron chi connectivity index (χ1n) is 6.88. The molecule has 22 heavy (non-hydrogen) atoms. The lowest BCUT2D eigenvalue weighted by Crippen LogP contribution is -2.17. The van der Waals surface area contributed by atoms with Gasteiger partial charge in [-0.1, -0.05) is 30.3 Å². The quantitative estimate of drug-likeness (QED) is 0.851. The number of ether oxygens (including phenoxy) is 1. The molecule has 0 spiro atoms. The molecule has 0 aliphatic rings. The SMILES string of the molecule is COc1ccc(NS(=O)(=O)CCCc2ccccc2)cc1F. The van der Waals surface area contributed by atoms with Gasteiger partial charge in [-0.05, 0) is 30.5 Å². The summed E-state index contributed by atoms with van der Waals surface area (Å²) in [5, 5.41) is 0. The number of rotatable bonds is 7. The Kier molecular flexibility index (Phi) is 5.38. The van der Waals surface area contributed by atoms with Crippen LogP contribution in [0.2, 0.25) is 0 Å². The minimum absolute atomic E-state index is 0.0183. The summed E-state index contributed by atoms with van der Waals surface area (Å²) < 4.78 is 44.7. The van der Waals surface area contributed by atoms with Gasteiger partial charge in [-0.25, -0.2) is 12.8 Å². The molecule has 0 aliphatic heterocycles. The zero-order valence-corrected chi connectivity index (χ0v) is 13.1. The van der Waals surface area contributed by atoms with E-state index in [1.54, 1.807) is 0 Å². The van der Waals surface area contributed by atoms with Gasteiger partial charge in [-0.2, -0.15) is 0 Å². The van der Waals surface area contributed by atoms with Gasteiger partial charge in [0.25, 0.3) is 0 Å². The Balaban J connectivity index is 1.92. The van der Waals surface area contributed by atoms with Crippen molar-refractivity contribution in [1.82, 2.24) is 0 Å². The summed E-state index contributed by atoms with van der Waals surface area (Å²) in [6, 6.07) is 13.6. The maximum atomic E-state index is 13.5. The standard InChI is InChI=1S/C16H18FNO3S/c1-21-16-10-9-14(12-15(16)17)18-22(19,20)11-5-8-13-6-3-2-4-7-13/h2-4,6-7,9-10,12,18H,5,8,11H2,1H3. The molecule has 2 aromatic carbocycles. The van der Waals surface area contributed by atoms with Crippen LogP contribution in [0.25, 0.3) is 0 Å². The van der Waals surface area contributed by atoms with Crippen molar-refractivity contribution in [2.75, 3.05) is 17.6 Å². The van der Waals surface area contributed by atoms with E-state index < -0.39 is 15.8 Å². The largest absolute Gasteiger partial charge is 0.494 e. The normalized spacial score (nSPS) is 11.2. The van der Waals surface area contributed by atoms with E-state index in [1.165, 1.54) is 19.2 Å². The number of anilines is 1. The molecule has 0 amide bonds. The monoisotopic (exact) mass is 323 g/mol. The Hall–Kier alpha value is -2.08. The smallest absolute Gasteiger partial charge is 0.232 e. The molecule has 2 aromatic rings. The molecule has 0 atom stereocenters. The predicted molar refractivity (Wildman–Crippen MR) is 85.1 cm³/mol. The minimum atomic E-state index is -3.50. The molecule has 0 heterocycles. The summed E-state index contributed by atoms with van der Waals surface area (Å²) in [6.07, 6.45) is 1.18. The molecular formula is C16H18FNO3S. The molecule has 0 saturated carbocycles. The number of methoxy groups -OCH3 is 1. The summed E-state index contributed by atoms with van der Waals surface area (Å²) in [5.41, 5.74) is 1.28. The third kappa shape index (κ3) is 4.73. The van der Waals surface area contributed by atoms with E-state index in [4.69, 9.17) is 4.74 Å². The van der Waals surface area contributed by atoms with E-state index in [-0.39, 0.29) is 17.2 Å². The van der Waals surface area contributed by atoms with Crippen LogP contribution in [0, 0.1) is 5.82 Å². The van der Waals surface area contributed by atoms with E-state index in [0.717, 1.165) is 11.6 Å². The van der Waals surface area contributed by atoms with Crippen molar-refractivity contribution in [3.63, 3.8) is 0 Å². The van der Waals surface area contributed by atoms with Gasteiger partial charge in [0.15, 0.2) is 11.6 Å². The van der Waals surface area contributed by atoms with E-state index in [0.29, 0.717) is 12.8 Å². The van der Waals surface area contributed by atoms with Crippen LogP contribution in [-0.4, -0.2) is 21.3 Å². The van der Waals surface area contributed by atoms with Gasteiger partial charge in [0.1, 0.15) is 0 Å². The second-order valence-electron chi connectivity index (χ2n) is 4.86. The lowest BCUT2D eigenvalue weighted by atomic mass is 10.1. The van der Waals surface area contributed by atoms with Crippen LogP contribution < -0.4 is 9.46 Å². The molecule has 4 nitrogen and oxygen atoms in total. The molecule has 1 N–H and O–H groups in total. The van der Waals surface area contributed by atoms with Crippen molar-refractivity contribution in [2.24, 2.45) is 0 Å². The molecule has 2 rings (SSSR count). The second-order valence-corrected chi connectivity index (χ2v) is 6.70. The third-order valence-corrected chi connectivity index (χ3v) is 4.52. The van der Waals surface area contributed by atoms with Crippen molar-refractivity contribution >= 4 is 15.7 Å². The van der Waals surface area contributed by atoms with Crippen LogP contribution >= 0.6 is 0 Å². The number of aryl methyl sites for hydroxylation is 1. The van der Waals surface area contributed by atoms with E-state index in [1.807, 2.05) is 30.3 Å². The zero-order chi connectivity index (χ0) is 16.0. The van der Waals surface area contributed by atoms with Crippen molar-refractivity contribution in [2.45, 2.75) is 12.8 Å². The molecular weight excluding hydrogens is 305 g/mol. The van der Waals surface area contributed by atoms with Crippen LogP contribution in [0.1, 0.15) is 12.0 Å². The summed E-state index contributed by atoms with van der Waals surface area (Å²) in [4.78, 5) is 0. The fourth-order valence-electron chi connectivity index (χ4n) is 2.07. The minimum Gasteiger partial charge on any atom is -0.494 e. The topological polar surface area (TPSA) is 55.4 Å². The van der Waals surface area contributed by atoms with E-state index in [2.05, 4.69) is 4.72 Å². The maximum absolute atomic E-state index is 13.5. The predicted octanol–water partition coefficient (Wildman–Crippen LogP) is 3.21. The molecule has 0 radical (unpaired) electrons. The first-order valence-corrected chi connectivity index (χ1v) is 8.53. The van der Waals surface area contributed by atoms with Gasteiger partial charge in [0.05, 0.1) is 18.6 Å². The molecule has 6 heteroatoms. The molecule has 0 saturated heterocycles. The van der Waals surface area contributed by atoms with Crippen LogP contribution in [0.4, 0.5) is 10.1 Å². The van der Waals surface area contributed by atoms with Gasteiger partial charge in [0.2, 0.25) is 10.0 Å². The molecule has 118 valence electrons. The van der Waals surface area contributed by atoms with Gasteiger partial charge >= 0.3 is 0 Å². The maximum Gasteiger partial charge on any atom is 0.232 e. The number of benzene rings is 2. The number of nitrogens with one attached hydrogen (secondary N) is 1. The number of sulfonamides is 1. The fraction of sp³-hybridized carbons (Fsp3) is 0.250. The van der Waals surface area contributed by atoms with Crippen LogP contribution in [-0.2, 0) is 16.4 Å². The molecule has 0 bridgehead atoms. The summed E-state index contributed by atoms with van der Waals surface area (Å²) in [5.74, 6) is -0.547. The lowest BCUT2D eigenvalue weighted by Gasteiger charge is -2.09. The van der Waals surface area contributed by atoms with Gasteiger partial charge < -0.3 is 4.74 Å². The Labute approximate surface area is 130 Å². The summed E-state index contributed by atoms with van der Waals surface area (Å²) in [7, 11) is -2.15. The number of halogens is 1. The van der Waals surface area contributed by atoms with Crippen LogP contribution in [0.3, 0.4) is 0 Å². The highest BCUT2D eigenvalue weighted by atomic mass is 32.2. The number of hydrogen-bond acceptors (Lipinski definition) is 3. The molecule has 0 fully saturated rings. The summed E-state index contributed by atoms with van der Waals surface area (Å²) in [6.45, 7) is 0. The van der Waals surface area contributed by atoms with Crippen molar-refractivity contribution in [3.05, 3.63) is 59.9 Å². The Bertz CT molecular complexity index is 717. The average molecular weight is 323 g/mol. The third-order valence-electron chi connectivity index (χ3n) is 3.15. The molecule has 0 unspecified atom stereocenters. The number of hydrogen-bond donors (Lipinski definition) is 1. The van der Waals surface area contributed by atoms with Crippen LogP contribution in [0.15, 0.2) is 48.5 Å². The Morgan fingerprint density at radius 2 is 1.86 bits per heavy atom. The average Bonchev–Trinajstić information content (AvgIpc) is 2.48. The van der Waals surface area contributed by atoms with Crippen molar-refractivity contribution in [1.29, 1.82) is 0 Å². The van der Waals surface area contributed by atoms with Gasteiger partial charge in [-0.15, -0.1) is 0 Å².